The number of carbonyl (C=O) groups excluding carboxylic acids is 1. The van der Waals surface area contributed by atoms with Crippen LogP contribution < -0.4 is 19.9 Å². The molecule has 0 radical (unpaired) electrons. The lowest BCUT2D eigenvalue weighted by molar-refractivity contribution is -0.141. The van der Waals surface area contributed by atoms with Crippen LogP contribution in [0, 0.1) is 0 Å². The third kappa shape index (κ3) is 5.81. The highest BCUT2D eigenvalue weighted by molar-refractivity contribution is 6.33. The minimum absolute atomic E-state index is 0.154. The maximum Gasteiger partial charge on any atom is 0.416 e. The molecular weight excluding hydrogens is 577 g/mol. The minimum Gasteiger partial charge on any atom is -0.474 e. The van der Waals surface area contributed by atoms with Crippen molar-refractivity contribution in [2.75, 3.05) is 41.4 Å². The van der Waals surface area contributed by atoms with Crippen LogP contribution in [0.4, 0.5) is 35.3 Å². The highest BCUT2D eigenvalue weighted by atomic mass is 35.5. The number of amides is 2. The fraction of sp³-hybridized carbons (Fsp3) is 0.429. The maximum atomic E-state index is 13.6. The van der Waals surface area contributed by atoms with Crippen LogP contribution in [0.5, 0.6) is 5.88 Å². The van der Waals surface area contributed by atoms with E-state index in [1.165, 1.54) is 29.4 Å². The summed E-state index contributed by atoms with van der Waals surface area (Å²) < 4.78 is 57.1. The summed E-state index contributed by atoms with van der Waals surface area (Å²) >= 11 is 6.56. The number of pyridine rings is 1. The Morgan fingerprint density at radius 2 is 2.07 bits per heavy atom. The number of piperidine rings is 1. The van der Waals surface area contributed by atoms with Crippen molar-refractivity contribution in [3.05, 3.63) is 53.3 Å². The SMILES string of the molecule is CC1(C)OC[C@@H](COc2cnc(NC(=O)N3c4nc(-c5cccc(C(F)(F)F)c5)c(Cl)cc4N4CCC[C@H]3C4)cn2)O1. The van der Waals surface area contributed by atoms with Gasteiger partial charge in [-0.15, -0.1) is 0 Å². The average Bonchev–Trinajstić information content (AvgIpc) is 3.31. The first kappa shape index (κ1) is 28.4. The van der Waals surface area contributed by atoms with Gasteiger partial charge < -0.3 is 19.1 Å². The van der Waals surface area contributed by atoms with Gasteiger partial charge in [0.2, 0.25) is 5.88 Å². The Kier molecular flexibility index (Phi) is 7.36. The number of rotatable bonds is 5. The van der Waals surface area contributed by atoms with Crippen molar-refractivity contribution in [3.8, 4) is 17.1 Å². The number of ether oxygens (including phenoxy) is 3. The van der Waals surface area contributed by atoms with Crippen LogP contribution in [0.15, 0.2) is 42.7 Å². The number of urea groups is 1. The van der Waals surface area contributed by atoms with Crippen LogP contribution in [-0.4, -0.2) is 65.2 Å². The molecule has 2 aromatic heterocycles. The van der Waals surface area contributed by atoms with Crippen LogP contribution >= 0.6 is 11.6 Å². The quantitative estimate of drug-likeness (QED) is 0.392. The molecule has 2 atom stereocenters. The average molecular weight is 605 g/mol. The standard InChI is InChI=1S/C28H28ClF3N6O4/c1-27(2)41-15-19(42-27)14-40-23-12-33-22(11-34-23)35-26(39)38-18-7-4-8-37(13-18)21-10-20(29)24(36-25(21)38)16-5-3-6-17(9-16)28(30,31)32/h3,5-6,9-12,18-19H,4,7-8,13-15H2,1-2H3,(H,33,35,39)/t18-,19+/m0/s1. The molecule has 222 valence electrons. The number of benzene rings is 1. The van der Waals surface area contributed by atoms with E-state index in [0.717, 1.165) is 31.5 Å². The van der Waals surface area contributed by atoms with Crippen LogP contribution in [0.3, 0.4) is 0 Å². The number of fused-ring (bicyclic) bond motifs is 4. The monoisotopic (exact) mass is 604 g/mol. The number of aromatic nitrogens is 3. The van der Waals surface area contributed by atoms with Gasteiger partial charge in [-0.3, -0.25) is 10.2 Å². The molecule has 2 bridgehead atoms. The number of halogens is 4. The Balaban J connectivity index is 1.23. The molecule has 0 spiro atoms. The summed E-state index contributed by atoms with van der Waals surface area (Å²) in [6, 6.07) is 5.77. The molecule has 2 saturated heterocycles. The number of nitrogens with one attached hydrogen (secondary N) is 1. The molecule has 3 aromatic rings. The zero-order valence-electron chi connectivity index (χ0n) is 22.8. The third-order valence-electron chi connectivity index (χ3n) is 7.30. The molecule has 0 aliphatic carbocycles. The fourth-order valence-electron chi connectivity index (χ4n) is 5.39. The van der Waals surface area contributed by atoms with Crippen molar-refractivity contribution in [2.45, 2.75) is 50.8 Å². The van der Waals surface area contributed by atoms with Crippen molar-refractivity contribution in [3.63, 3.8) is 0 Å². The van der Waals surface area contributed by atoms with E-state index in [2.05, 4.69) is 25.2 Å². The smallest absolute Gasteiger partial charge is 0.416 e. The van der Waals surface area contributed by atoms with E-state index in [-0.39, 0.29) is 46.7 Å². The largest absolute Gasteiger partial charge is 0.474 e. The van der Waals surface area contributed by atoms with Crippen molar-refractivity contribution in [2.24, 2.45) is 0 Å². The second-order valence-corrected chi connectivity index (χ2v) is 11.2. The summed E-state index contributed by atoms with van der Waals surface area (Å²) in [7, 11) is 0. The molecule has 10 nitrogen and oxygen atoms in total. The van der Waals surface area contributed by atoms with E-state index in [1.54, 1.807) is 6.07 Å². The van der Waals surface area contributed by atoms with Gasteiger partial charge in [0.05, 0.1) is 47.0 Å². The first-order chi connectivity index (χ1) is 20.0. The van der Waals surface area contributed by atoms with Crippen LogP contribution in [0.1, 0.15) is 32.3 Å². The van der Waals surface area contributed by atoms with Gasteiger partial charge in [-0.2, -0.15) is 13.2 Å². The van der Waals surface area contributed by atoms with Crippen molar-refractivity contribution in [1.29, 1.82) is 0 Å². The lowest BCUT2D eigenvalue weighted by atomic mass is 9.99. The van der Waals surface area contributed by atoms with Gasteiger partial charge in [-0.1, -0.05) is 23.7 Å². The zero-order valence-corrected chi connectivity index (χ0v) is 23.6. The Hall–Kier alpha value is -3.68. The third-order valence-corrected chi connectivity index (χ3v) is 7.58. The maximum absolute atomic E-state index is 13.6. The van der Waals surface area contributed by atoms with Crippen molar-refractivity contribution < 1.29 is 32.2 Å². The van der Waals surface area contributed by atoms with E-state index in [0.29, 0.717) is 24.7 Å². The summed E-state index contributed by atoms with van der Waals surface area (Å²) in [5, 5.41) is 2.96. The van der Waals surface area contributed by atoms with Crippen LogP contribution in [-0.2, 0) is 15.7 Å². The van der Waals surface area contributed by atoms with Crippen molar-refractivity contribution in [1.82, 2.24) is 15.0 Å². The number of nitrogens with zero attached hydrogens (tertiary/aromatic N) is 5. The van der Waals surface area contributed by atoms with Gasteiger partial charge in [-0.05, 0) is 44.9 Å². The predicted molar refractivity (Wildman–Crippen MR) is 149 cm³/mol. The molecule has 0 unspecified atom stereocenters. The Bertz CT molecular complexity index is 1490. The molecular formula is C28H28ClF3N6O4. The topological polar surface area (TPSA) is 102 Å². The Morgan fingerprint density at radius 3 is 2.79 bits per heavy atom. The summed E-state index contributed by atoms with van der Waals surface area (Å²) in [6.07, 6.45) is -0.411. The number of hydrogen-bond acceptors (Lipinski definition) is 8. The predicted octanol–water partition coefficient (Wildman–Crippen LogP) is 5.76. The number of alkyl halides is 3. The molecule has 0 saturated carbocycles. The summed E-state index contributed by atoms with van der Waals surface area (Å²) in [5.74, 6) is 0.106. The van der Waals surface area contributed by atoms with Crippen LogP contribution in [0.25, 0.3) is 11.3 Å². The Morgan fingerprint density at radius 1 is 1.24 bits per heavy atom. The zero-order chi connectivity index (χ0) is 29.6. The molecule has 3 aliphatic rings. The first-order valence-electron chi connectivity index (χ1n) is 13.5. The molecule has 6 rings (SSSR count). The Labute approximate surface area is 244 Å². The highest BCUT2D eigenvalue weighted by Gasteiger charge is 2.39. The lowest BCUT2D eigenvalue weighted by Gasteiger charge is -2.46. The molecule has 14 heteroatoms. The number of hydrogen-bond donors (Lipinski definition) is 1. The molecule has 1 aromatic carbocycles. The van der Waals surface area contributed by atoms with E-state index >= 15 is 0 Å². The number of anilines is 3. The van der Waals surface area contributed by atoms with E-state index in [9.17, 15) is 18.0 Å². The second-order valence-electron chi connectivity index (χ2n) is 10.8. The van der Waals surface area contributed by atoms with Crippen LogP contribution in [0.2, 0.25) is 5.02 Å². The number of carbonyl (C=O) groups is 1. The fourth-order valence-corrected chi connectivity index (χ4v) is 5.65. The molecule has 42 heavy (non-hydrogen) atoms. The normalized spacial score (nSPS) is 21.2. The highest BCUT2D eigenvalue weighted by Crippen LogP contribution is 2.43. The van der Waals surface area contributed by atoms with Gasteiger partial charge >= 0.3 is 12.2 Å². The minimum atomic E-state index is -4.53. The van der Waals surface area contributed by atoms with Gasteiger partial charge in [0.15, 0.2) is 17.4 Å². The molecule has 2 fully saturated rings. The molecule has 5 heterocycles. The van der Waals surface area contributed by atoms with Gasteiger partial charge in [0.25, 0.3) is 0 Å². The second kappa shape index (κ2) is 10.9. The van der Waals surface area contributed by atoms with Gasteiger partial charge in [0.1, 0.15) is 12.7 Å². The molecule has 1 N–H and O–H groups in total. The van der Waals surface area contributed by atoms with E-state index in [4.69, 9.17) is 25.8 Å². The summed E-state index contributed by atoms with van der Waals surface area (Å²) in [5.41, 5.74) is 0.174. The summed E-state index contributed by atoms with van der Waals surface area (Å²) in [6.45, 7) is 5.61. The summed E-state index contributed by atoms with van der Waals surface area (Å²) in [4.78, 5) is 30.4. The van der Waals surface area contributed by atoms with E-state index in [1.807, 2.05) is 13.8 Å². The first-order valence-corrected chi connectivity index (χ1v) is 13.8. The van der Waals surface area contributed by atoms with Crippen molar-refractivity contribution >= 4 is 35.0 Å². The molecule has 2 amide bonds. The molecule has 3 aliphatic heterocycles. The van der Waals surface area contributed by atoms with E-state index < -0.39 is 23.6 Å². The lowest BCUT2D eigenvalue weighted by Crippen LogP contribution is -2.56. The van der Waals surface area contributed by atoms with Gasteiger partial charge in [-0.25, -0.2) is 19.7 Å². The van der Waals surface area contributed by atoms with Gasteiger partial charge in [0, 0.05) is 18.7 Å².